The molecule has 2 amide bonds. The number of amides is 2. The van der Waals surface area contributed by atoms with Crippen LogP contribution in [-0.2, 0) is 0 Å². The molecule has 51 heavy (non-hydrogen) atoms. The summed E-state index contributed by atoms with van der Waals surface area (Å²) in [6, 6.07) is 25.9. The van der Waals surface area contributed by atoms with Gasteiger partial charge >= 0.3 is 0 Å². The third-order valence-electron chi connectivity index (χ3n) is 9.04. The second-order valence-corrected chi connectivity index (χ2v) is 13.1. The summed E-state index contributed by atoms with van der Waals surface area (Å²) in [5.74, 6) is 0.408. The number of likely N-dealkylation sites (N-methyl/N-ethyl adjacent to an activating group) is 1. The normalized spacial score (nSPS) is 13.0. The second kappa shape index (κ2) is 20.3. The minimum absolute atomic E-state index is 0. The minimum Gasteiger partial charge on any atom is -0.495 e. The van der Waals surface area contributed by atoms with E-state index in [1.165, 1.54) is 13.5 Å². The number of methoxy groups -OCH3 is 1. The first-order valence-corrected chi connectivity index (χ1v) is 17.4. The Morgan fingerprint density at radius 3 is 2.27 bits per heavy atom. The highest BCUT2D eigenvalue weighted by molar-refractivity contribution is 6.30. The van der Waals surface area contributed by atoms with Gasteiger partial charge in [0.2, 0.25) is 0 Å². The van der Waals surface area contributed by atoms with E-state index >= 15 is 0 Å². The summed E-state index contributed by atoms with van der Waals surface area (Å²) in [6.45, 7) is 8.33. The number of hydrogen-bond donors (Lipinski definition) is 1. The molecule has 4 aromatic carbocycles. The van der Waals surface area contributed by atoms with Crippen molar-refractivity contribution in [3.63, 3.8) is 0 Å². The quantitative estimate of drug-likeness (QED) is 0.130. The molecule has 0 aliphatic carbocycles. The molecule has 1 aliphatic rings. The third kappa shape index (κ3) is 11.3. The Kier molecular flexibility index (Phi) is 16.6. The Morgan fingerprint density at radius 2 is 1.55 bits per heavy atom. The lowest BCUT2D eigenvalue weighted by molar-refractivity contribution is 0.0990. The molecule has 11 heteroatoms. The molecular weight excluding hydrogens is 707 g/mol. The highest BCUT2D eigenvalue weighted by Crippen LogP contribution is 2.34. The summed E-state index contributed by atoms with van der Waals surface area (Å²) in [6.07, 6.45) is 4.36. The third-order valence-corrected chi connectivity index (χ3v) is 9.28. The average Bonchev–Trinajstić information content (AvgIpc) is 3.12. The molecule has 0 saturated carbocycles. The molecule has 1 saturated heterocycles. The number of aryl methyl sites for hydroxylation is 1. The molecule has 0 atom stereocenters. The highest BCUT2D eigenvalue weighted by atomic mass is 35.5. The van der Waals surface area contributed by atoms with E-state index in [1.54, 1.807) is 54.4 Å². The number of piperazine rings is 1. The maximum Gasteiger partial charge on any atom is 0.258 e. The predicted octanol–water partition coefficient (Wildman–Crippen LogP) is 8.88. The predicted molar refractivity (Wildman–Crippen MR) is 214 cm³/mol. The number of hydrogen-bond acceptors (Lipinski definition) is 6. The molecule has 0 unspecified atom stereocenters. The molecule has 274 valence electrons. The van der Waals surface area contributed by atoms with Crippen molar-refractivity contribution in [2.45, 2.75) is 32.6 Å². The van der Waals surface area contributed by atoms with Crippen molar-refractivity contribution in [3.05, 3.63) is 107 Å². The first kappa shape index (κ1) is 41.6. The Balaban J connectivity index is 0.00000351. The zero-order valence-corrected chi connectivity index (χ0v) is 32.2. The fourth-order valence-corrected chi connectivity index (χ4v) is 6.17. The van der Waals surface area contributed by atoms with Crippen LogP contribution in [0.25, 0.3) is 11.1 Å². The SMILES string of the molecule is COc1cc(C(=O)N(C)c2ccc(Cl)cc2OCCCCCCN2CCN(C)CC2)ccc1NC(=O)c1ccccc1-c1ccc(C)cc1.Cl.Cl. The van der Waals surface area contributed by atoms with E-state index in [1.807, 2.05) is 49.4 Å². The summed E-state index contributed by atoms with van der Waals surface area (Å²) < 4.78 is 11.8. The zero-order valence-electron chi connectivity index (χ0n) is 29.8. The van der Waals surface area contributed by atoms with Crippen LogP contribution in [0.3, 0.4) is 0 Å². The number of nitrogens with one attached hydrogen (secondary N) is 1. The average molecular weight is 756 g/mol. The minimum atomic E-state index is -0.274. The number of nitrogens with zero attached hydrogens (tertiary/aromatic N) is 3. The summed E-state index contributed by atoms with van der Waals surface area (Å²) in [7, 11) is 5.41. The molecule has 0 aromatic heterocycles. The van der Waals surface area contributed by atoms with Crippen LogP contribution in [0, 0.1) is 6.92 Å². The van der Waals surface area contributed by atoms with Gasteiger partial charge in [-0.3, -0.25) is 9.59 Å². The van der Waals surface area contributed by atoms with Gasteiger partial charge in [-0.05, 0) is 80.9 Å². The molecule has 0 spiro atoms. The van der Waals surface area contributed by atoms with Crippen LogP contribution in [0.5, 0.6) is 11.5 Å². The van der Waals surface area contributed by atoms with Crippen molar-refractivity contribution in [2.75, 3.05) is 70.8 Å². The van der Waals surface area contributed by atoms with Crippen molar-refractivity contribution in [1.29, 1.82) is 0 Å². The Bertz CT molecular complexity index is 1730. The van der Waals surface area contributed by atoms with Gasteiger partial charge in [-0.15, -0.1) is 24.8 Å². The standard InChI is InChI=1S/C40H47ClN4O4.2ClH/c1-29-13-15-30(16-14-29)33-11-7-8-12-34(33)39(46)42-35-19-17-31(27-37(35)48-4)40(47)44(3)36-20-18-32(41)28-38(36)49-26-10-6-5-9-21-45-24-22-43(2)23-25-45;;/h7-8,11-20,27-28H,5-6,9-10,21-26H2,1-4H3,(H,42,46);2*1H. The van der Waals surface area contributed by atoms with Crippen LogP contribution in [0.1, 0.15) is 52.0 Å². The van der Waals surface area contributed by atoms with Crippen LogP contribution < -0.4 is 19.7 Å². The van der Waals surface area contributed by atoms with E-state index < -0.39 is 0 Å². The smallest absolute Gasteiger partial charge is 0.258 e. The van der Waals surface area contributed by atoms with E-state index in [9.17, 15) is 9.59 Å². The largest absolute Gasteiger partial charge is 0.495 e. The van der Waals surface area contributed by atoms with Crippen molar-refractivity contribution < 1.29 is 19.1 Å². The van der Waals surface area contributed by atoms with Gasteiger partial charge in [-0.25, -0.2) is 0 Å². The number of carbonyl (C=O) groups is 2. The molecule has 1 fully saturated rings. The van der Waals surface area contributed by atoms with E-state index in [4.69, 9.17) is 21.1 Å². The number of halogens is 3. The highest BCUT2D eigenvalue weighted by Gasteiger charge is 2.21. The van der Waals surface area contributed by atoms with Crippen LogP contribution in [0.2, 0.25) is 5.02 Å². The molecule has 1 heterocycles. The lowest BCUT2D eigenvalue weighted by Gasteiger charge is -2.32. The van der Waals surface area contributed by atoms with Crippen molar-refractivity contribution >= 4 is 59.6 Å². The van der Waals surface area contributed by atoms with Crippen molar-refractivity contribution in [1.82, 2.24) is 9.80 Å². The molecule has 0 bridgehead atoms. The number of carbonyl (C=O) groups excluding carboxylic acids is 2. The van der Waals surface area contributed by atoms with Crippen molar-refractivity contribution in [3.8, 4) is 22.6 Å². The van der Waals surface area contributed by atoms with E-state index in [2.05, 4.69) is 22.2 Å². The lowest BCUT2D eigenvalue weighted by Crippen LogP contribution is -2.44. The Hall–Kier alpha value is -3.79. The van der Waals surface area contributed by atoms with Gasteiger partial charge in [0.15, 0.2) is 0 Å². The summed E-state index contributed by atoms with van der Waals surface area (Å²) >= 11 is 6.33. The summed E-state index contributed by atoms with van der Waals surface area (Å²) in [4.78, 5) is 33.7. The molecule has 1 N–H and O–H groups in total. The second-order valence-electron chi connectivity index (χ2n) is 12.7. The van der Waals surface area contributed by atoms with Crippen LogP contribution in [0.4, 0.5) is 11.4 Å². The van der Waals surface area contributed by atoms with Crippen molar-refractivity contribution in [2.24, 2.45) is 0 Å². The van der Waals surface area contributed by atoms with Crippen LogP contribution >= 0.6 is 36.4 Å². The summed E-state index contributed by atoms with van der Waals surface area (Å²) in [5, 5.41) is 3.51. The van der Waals surface area contributed by atoms with E-state index in [0.717, 1.165) is 68.7 Å². The van der Waals surface area contributed by atoms with Crippen LogP contribution in [0.15, 0.2) is 84.9 Å². The number of anilines is 2. The lowest BCUT2D eigenvalue weighted by atomic mass is 9.98. The Morgan fingerprint density at radius 1 is 0.843 bits per heavy atom. The van der Waals surface area contributed by atoms with Gasteiger partial charge < -0.3 is 29.5 Å². The zero-order chi connectivity index (χ0) is 34.8. The fraction of sp³-hybridized carbons (Fsp3) is 0.350. The van der Waals surface area contributed by atoms with Gasteiger partial charge in [-0.1, -0.05) is 72.5 Å². The van der Waals surface area contributed by atoms with E-state index in [0.29, 0.717) is 45.6 Å². The van der Waals surface area contributed by atoms with Gasteiger partial charge in [0.05, 0.1) is 25.1 Å². The van der Waals surface area contributed by atoms with Gasteiger partial charge in [0, 0.05) is 55.4 Å². The molecule has 1 aliphatic heterocycles. The topological polar surface area (TPSA) is 74.3 Å². The van der Waals surface area contributed by atoms with Gasteiger partial charge in [0.25, 0.3) is 11.8 Å². The molecule has 5 rings (SSSR count). The first-order chi connectivity index (χ1) is 23.7. The fourth-order valence-electron chi connectivity index (χ4n) is 6.01. The number of ether oxygens (including phenoxy) is 2. The maximum atomic E-state index is 13.7. The number of rotatable bonds is 14. The van der Waals surface area contributed by atoms with Gasteiger partial charge in [0.1, 0.15) is 11.5 Å². The first-order valence-electron chi connectivity index (χ1n) is 17.0. The molecule has 0 radical (unpaired) electrons. The van der Waals surface area contributed by atoms with Crippen LogP contribution in [-0.4, -0.2) is 82.1 Å². The van der Waals surface area contributed by atoms with Gasteiger partial charge in [-0.2, -0.15) is 0 Å². The Labute approximate surface area is 319 Å². The molecule has 4 aromatic rings. The number of unbranched alkanes of at least 4 members (excludes halogenated alkanes) is 3. The molecular formula is C40H49Cl3N4O4. The maximum absolute atomic E-state index is 13.7. The summed E-state index contributed by atoms with van der Waals surface area (Å²) in [5.41, 5.74) is 4.95. The van der Waals surface area contributed by atoms with E-state index in [-0.39, 0.29) is 36.6 Å². The molecule has 8 nitrogen and oxygen atoms in total. The monoisotopic (exact) mass is 754 g/mol. The number of benzene rings is 4.